The summed E-state index contributed by atoms with van der Waals surface area (Å²) in [6.07, 6.45) is 0. The summed E-state index contributed by atoms with van der Waals surface area (Å²) in [5.41, 5.74) is 4.50. The average molecular weight is 601 g/mol. The third kappa shape index (κ3) is 4.21. The van der Waals surface area contributed by atoms with Crippen LogP contribution in [0.1, 0.15) is 18.5 Å². The molecule has 2 N–H and O–H groups in total. The third-order valence-corrected chi connectivity index (χ3v) is 7.00. The van der Waals surface area contributed by atoms with E-state index in [-0.39, 0.29) is 5.91 Å². The SMILES string of the molecule is COc1cc(NC(=O)C2=C(C)Nc3nc4ccccc4n3[C@H]2c2ccc(I)cc2)c(OC)cc1Cl. The first-order valence-electron chi connectivity index (χ1n) is 10.8. The van der Waals surface area contributed by atoms with Gasteiger partial charge in [-0.1, -0.05) is 35.9 Å². The highest BCUT2D eigenvalue weighted by Crippen LogP contribution is 2.41. The van der Waals surface area contributed by atoms with Crippen molar-refractivity contribution >= 4 is 62.8 Å². The van der Waals surface area contributed by atoms with Crippen molar-refractivity contribution in [2.45, 2.75) is 13.0 Å². The Morgan fingerprint density at radius 1 is 1.09 bits per heavy atom. The second-order valence-corrected chi connectivity index (χ2v) is 9.71. The van der Waals surface area contributed by atoms with Crippen LogP contribution in [0, 0.1) is 3.57 Å². The number of ether oxygens (including phenoxy) is 2. The Balaban J connectivity index is 1.64. The van der Waals surface area contributed by atoms with Crippen molar-refractivity contribution in [1.29, 1.82) is 0 Å². The number of aromatic nitrogens is 2. The number of benzene rings is 3. The molecule has 178 valence electrons. The van der Waals surface area contributed by atoms with Crippen molar-refractivity contribution in [3.63, 3.8) is 0 Å². The largest absolute Gasteiger partial charge is 0.495 e. The zero-order valence-corrected chi connectivity index (χ0v) is 22.1. The number of amides is 1. The number of allylic oxidation sites excluding steroid dienone is 1. The number of carbonyl (C=O) groups excluding carboxylic acids is 1. The van der Waals surface area contributed by atoms with E-state index in [4.69, 9.17) is 26.1 Å². The molecule has 0 spiro atoms. The highest BCUT2D eigenvalue weighted by atomic mass is 127. The highest BCUT2D eigenvalue weighted by molar-refractivity contribution is 14.1. The minimum Gasteiger partial charge on any atom is -0.495 e. The minimum absolute atomic E-state index is 0.273. The highest BCUT2D eigenvalue weighted by Gasteiger charge is 2.34. The van der Waals surface area contributed by atoms with Gasteiger partial charge in [-0.2, -0.15) is 0 Å². The van der Waals surface area contributed by atoms with Crippen LogP contribution in [0.2, 0.25) is 5.02 Å². The average Bonchev–Trinajstić information content (AvgIpc) is 3.22. The molecule has 1 atom stereocenters. The zero-order chi connectivity index (χ0) is 24.7. The van der Waals surface area contributed by atoms with Gasteiger partial charge < -0.3 is 20.1 Å². The summed E-state index contributed by atoms with van der Waals surface area (Å²) in [6.45, 7) is 1.89. The van der Waals surface area contributed by atoms with Gasteiger partial charge in [-0.25, -0.2) is 4.98 Å². The fourth-order valence-electron chi connectivity index (χ4n) is 4.37. The van der Waals surface area contributed by atoms with Crippen LogP contribution < -0.4 is 20.1 Å². The van der Waals surface area contributed by atoms with Crippen LogP contribution in [0.5, 0.6) is 11.5 Å². The van der Waals surface area contributed by atoms with Crippen LogP contribution in [0.4, 0.5) is 11.6 Å². The molecule has 9 heteroatoms. The first-order chi connectivity index (χ1) is 16.9. The van der Waals surface area contributed by atoms with Gasteiger partial charge in [0.2, 0.25) is 5.95 Å². The van der Waals surface area contributed by atoms with Gasteiger partial charge in [0.05, 0.1) is 47.6 Å². The van der Waals surface area contributed by atoms with Gasteiger partial charge in [0, 0.05) is 21.4 Å². The van der Waals surface area contributed by atoms with E-state index in [1.165, 1.54) is 14.2 Å². The number of hydrogen-bond acceptors (Lipinski definition) is 5. The summed E-state index contributed by atoms with van der Waals surface area (Å²) in [4.78, 5) is 18.6. The Morgan fingerprint density at radius 3 is 2.51 bits per heavy atom. The van der Waals surface area contributed by atoms with Gasteiger partial charge in [0.15, 0.2) is 0 Å². The Bertz CT molecular complexity index is 1480. The quantitative estimate of drug-likeness (QED) is 0.265. The van der Waals surface area contributed by atoms with Gasteiger partial charge in [-0.15, -0.1) is 0 Å². The van der Waals surface area contributed by atoms with Gasteiger partial charge >= 0.3 is 0 Å². The molecule has 0 unspecified atom stereocenters. The smallest absolute Gasteiger partial charge is 0.255 e. The summed E-state index contributed by atoms with van der Waals surface area (Å²) < 4.78 is 14.0. The van der Waals surface area contributed by atoms with Crippen molar-refractivity contribution in [3.05, 3.63) is 86.1 Å². The molecule has 2 heterocycles. The second kappa shape index (κ2) is 9.43. The van der Waals surface area contributed by atoms with Crippen molar-refractivity contribution in [2.24, 2.45) is 0 Å². The normalized spacial score (nSPS) is 14.9. The van der Waals surface area contributed by atoms with Crippen molar-refractivity contribution in [3.8, 4) is 11.5 Å². The molecule has 1 aliphatic heterocycles. The fourth-order valence-corrected chi connectivity index (χ4v) is 4.96. The van der Waals surface area contributed by atoms with Crippen molar-refractivity contribution in [2.75, 3.05) is 24.9 Å². The van der Waals surface area contributed by atoms with E-state index >= 15 is 0 Å². The van der Waals surface area contributed by atoms with E-state index in [1.54, 1.807) is 12.1 Å². The molecule has 35 heavy (non-hydrogen) atoms. The Kier molecular flexibility index (Phi) is 6.33. The van der Waals surface area contributed by atoms with E-state index < -0.39 is 6.04 Å². The molecule has 0 fully saturated rings. The van der Waals surface area contributed by atoms with E-state index in [0.29, 0.717) is 39.4 Å². The summed E-state index contributed by atoms with van der Waals surface area (Å²) in [6, 6.07) is 18.9. The lowest BCUT2D eigenvalue weighted by atomic mass is 9.94. The zero-order valence-electron chi connectivity index (χ0n) is 19.2. The second-order valence-electron chi connectivity index (χ2n) is 8.05. The molecule has 1 amide bonds. The van der Waals surface area contributed by atoms with Crippen molar-refractivity contribution in [1.82, 2.24) is 9.55 Å². The molecule has 0 saturated carbocycles. The predicted octanol–water partition coefficient (Wildman–Crippen LogP) is 6.24. The molecule has 1 aromatic heterocycles. The van der Waals surface area contributed by atoms with E-state index in [0.717, 1.165) is 20.2 Å². The van der Waals surface area contributed by atoms with Crippen LogP contribution in [-0.2, 0) is 4.79 Å². The lowest BCUT2D eigenvalue weighted by Gasteiger charge is -2.31. The number of fused-ring (bicyclic) bond motifs is 3. The number of rotatable bonds is 5. The Morgan fingerprint density at radius 2 is 1.80 bits per heavy atom. The molecule has 0 aliphatic carbocycles. The van der Waals surface area contributed by atoms with Crippen LogP contribution in [0.25, 0.3) is 11.0 Å². The molecule has 4 aromatic rings. The topological polar surface area (TPSA) is 77.4 Å². The number of nitrogens with one attached hydrogen (secondary N) is 2. The van der Waals surface area contributed by atoms with Gasteiger partial charge in [-0.05, 0) is 59.3 Å². The summed E-state index contributed by atoms with van der Waals surface area (Å²) in [5, 5.41) is 6.73. The molecular weight excluding hydrogens is 579 g/mol. The molecule has 3 aromatic carbocycles. The number of anilines is 2. The standard InChI is InChI=1S/C26H22ClIN4O3/c1-14-23(25(33)30-19-13-21(34-2)17(27)12-22(19)35-3)24(15-8-10-16(28)11-9-15)32-20-7-5-4-6-18(20)31-26(32)29-14/h4-13,24H,1-3H3,(H,29,31)(H,30,33)/t24-/m0/s1. The summed E-state index contributed by atoms with van der Waals surface area (Å²) in [7, 11) is 3.05. The van der Waals surface area contributed by atoms with Crippen molar-refractivity contribution < 1.29 is 14.3 Å². The monoisotopic (exact) mass is 600 g/mol. The fraction of sp³-hybridized carbons (Fsp3) is 0.154. The van der Waals surface area contributed by atoms with Crippen LogP contribution in [-0.4, -0.2) is 29.7 Å². The number of halogens is 2. The maximum Gasteiger partial charge on any atom is 0.255 e. The molecular formula is C26H22ClIN4O3. The number of nitrogens with zero attached hydrogens (tertiary/aromatic N) is 2. The molecule has 0 radical (unpaired) electrons. The van der Waals surface area contributed by atoms with E-state index in [2.05, 4.69) is 37.8 Å². The summed E-state index contributed by atoms with van der Waals surface area (Å²) >= 11 is 8.53. The first kappa shape index (κ1) is 23.5. The predicted molar refractivity (Wildman–Crippen MR) is 147 cm³/mol. The van der Waals surface area contributed by atoms with Gasteiger partial charge in [0.25, 0.3) is 5.91 Å². The number of carbonyl (C=O) groups is 1. The van der Waals surface area contributed by atoms with Crippen LogP contribution in [0.3, 0.4) is 0 Å². The molecule has 0 bridgehead atoms. The molecule has 1 aliphatic rings. The Labute approximate surface area is 221 Å². The number of hydrogen-bond donors (Lipinski definition) is 2. The Hall–Kier alpha value is -3.24. The van der Waals surface area contributed by atoms with Crippen LogP contribution >= 0.6 is 34.2 Å². The lowest BCUT2D eigenvalue weighted by Crippen LogP contribution is -2.31. The van der Waals surface area contributed by atoms with E-state index in [9.17, 15) is 4.79 Å². The molecule has 7 nitrogen and oxygen atoms in total. The maximum atomic E-state index is 13.9. The number of para-hydroxylation sites is 2. The summed E-state index contributed by atoms with van der Waals surface area (Å²) in [5.74, 6) is 1.29. The molecule has 0 saturated heterocycles. The number of methoxy groups -OCH3 is 2. The first-order valence-corrected chi connectivity index (χ1v) is 12.3. The minimum atomic E-state index is -0.393. The third-order valence-electron chi connectivity index (χ3n) is 5.98. The molecule has 5 rings (SSSR count). The van der Waals surface area contributed by atoms with Gasteiger partial charge in [0.1, 0.15) is 11.5 Å². The van der Waals surface area contributed by atoms with Gasteiger partial charge in [-0.3, -0.25) is 9.36 Å². The number of imidazole rings is 1. The van der Waals surface area contributed by atoms with E-state index in [1.807, 2.05) is 55.5 Å². The maximum absolute atomic E-state index is 13.9. The lowest BCUT2D eigenvalue weighted by molar-refractivity contribution is -0.113. The van der Waals surface area contributed by atoms with Crippen LogP contribution in [0.15, 0.2) is 71.9 Å².